The quantitative estimate of drug-likeness (QED) is 0.347. The van der Waals surface area contributed by atoms with E-state index in [0.29, 0.717) is 6.42 Å². The summed E-state index contributed by atoms with van der Waals surface area (Å²) in [7, 11) is 0. The van der Waals surface area contributed by atoms with Crippen LogP contribution in [0.2, 0.25) is 0 Å². The number of β-lactam (4-membered cyclic amide) rings is 1. The van der Waals surface area contributed by atoms with Crippen molar-refractivity contribution in [2.24, 2.45) is 5.73 Å². The molecule has 2 heterocycles. The molecule has 11 heavy (non-hydrogen) atoms. The van der Waals surface area contributed by atoms with Gasteiger partial charge in [-0.05, 0) is 6.08 Å². The lowest BCUT2D eigenvalue weighted by Gasteiger charge is -2.43. The van der Waals surface area contributed by atoms with Gasteiger partial charge in [0.05, 0.1) is 11.8 Å². The van der Waals surface area contributed by atoms with Crippen molar-refractivity contribution in [3.05, 3.63) is 12.3 Å². The molecular formula is C6H7ClN2OS. The monoisotopic (exact) mass is 190 g/mol. The van der Waals surface area contributed by atoms with E-state index in [1.807, 2.05) is 0 Å². The van der Waals surface area contributed by atoms with Crippen molar-refractivity contribution in [2.75, 3.05) is 0 Å². The maximum atomic E-state index is 10.9. The summed E-state index contributed by atoms with van der Waals surface area (Å²) in [4.78, 5) is 12.5. The molecule has 1 fully saturated rings. The highest BCUT2D eigenvalue weighted by molar-refractivity contribution is 8.02. The summed E-state index contributed by atoms with van der Waals surface area (Å²) in [5, 5.41) is 0.162. The highest BCUT2D eigenvalue weighted by Gasteiger charge is 2.42. The standard InChI is InChI=1S/C6H7ClN2OS/c7-6(8)1-2-9-4(10)3-5(9)11-6/h1-2,5H,3,8H2/t5-,6?/m1/s1. The van der Waals surface area contributed by atoms with Crippen molar-refractivity contribution in [2.45, 2.75) is 16.1 Å². The SMILES string of the molecule is NC1(Cl)C=CN2C(=O)C[C@H]2S1. The van der Waals surface area contributed by atoms with E-state index in [2.05, 4.69) is 0 Å². The molecular weight excluding hydrogens is 184 g/mol. The second kappa shape index (κ2) is 2.15. The molecule has 0 aliphatic carbocycles. The molecule has 2 atom stereocenters. The average molecular weight is 191 g/mol. The van der Waals surface area contributed by atoms with Gasteiger partial charge in [-0.3, -0.25) is 4.79 Å². The highest BCUT2D eigenvalue weighted by Crippen LogP contribution is 2.42. The minimum atomic E-state index is -0.818. The Hall–Kier alpha value is -0.190. The van der Waals surface area contributed by atoms with Gasteiger partial charge in [0.2, 0.25) is 5.91 Å². The van der Waals surface area contributed by atoms with Crippen molar-refractivity contribution in [3.63, 3.8) is 0 Å². The number of amides is 1. The van der Waals surface area contributed by atoms with Crippen LogP contribution in [-0.2, 0) is 4.79 Å². The van der Waals surface area contributed by atoms with E-state index < -0.39 is 4.33 Å². The number of thioether (sulfide) groups is 1. The molecule has 0 spiro atoms. The number of hydrogen-bond donors (Lipinski definition) is 1. The van der Waals surface area contributed by atoms with E-state index in [4.69, 9.17) is 17.3 Å². The molecule has 0 aromatic heterocycles. The van der Waals surface area contributed by atoms with E-state index in [9.17, 15) is 4.79 Å². The molecule has 2 aliphatic heterocycles. The molecule has 1 saturated heterocycles. The molecule has 0 aromatic carbocycles. The number of rotatable bonds is 0. The molecule has 1 unspecified atom stereocenters. The molecule has 2 N–H and O–H groups in total. The second-order valence-electron chi connectivity index (χ2n) is 2.59. The summed E-state index contributed by atoms with van der Waals surface area (Å²) in [6, 6.07) is 0. The Bertz CT molecular complexity index is 241. The number of carbonyl (C=O) groups is 1. The van der Waals surface area contributed by atoms with Crippen LogP contribution < -0.4 is 5.73 Å². The molecule has 60 valence electrons. The maximum Gasteiger partial charge on any atom is 0.230 e. The smallest absolute Gasteiger partial charge is 0.230 e. The Morgan fingerprint density at radius 1 is 1.91 bits per heavy atom. The minimum absolute atomic E-state index is 0.144. The summed E-state index contributed by atoms with van der Waals surface area (Å²) >= 11 is 7.23. The van der Waals surface area contributed by atoms with Crippen molar-refractivity contribution >= 4 is 29.3 Å². The number of carbonyl (C=O) groups excluding carboxylic acids is 1. The highest BCUT2D eigenvalue weighted by atomic mass is 35.5. The minimum Gasteiger partial charge on any atom is -0.306 e. The Kier molecular flexibility index (Phi) is 1.46. The number of alkyl halides is 1. The predicted octanol–water partition coefficient (Wildman–Crippen LogP) is 0.657. The van der Waals surface area contributed by atoms with Crippen LogP contribution >= 0.6 is 23.4 Å². The first kappa shape index (κ1) is 7.46. The lowest BCUT2D eigenvalue weighted by atomic mass is 10.2. The fourth-order valence-corrected chi connectivity index (χ4v) is 2.56. The zero-order chi connectivity index (χ0) is 8.06. The van der Waals surface area contributed by atoms with E-state index in [1.165, 1.54) is 11.8 Å². The van der Waals surface area contributed by atoms with Gasteiger partial charge >= 0.3 is 0 Å². The zero-order valence-electron chi connectivity index (χ0n) is 5.66. The van der Waals surface area contributed by atoms with Crippen LogP contribution in [0.4, 0.5) is 0 Å². The van der Waals surface area contributed by atoms with Crippen molar-refractivity contribution in [1.82, 2.24) is 4.90 Å². The van der Waals surface area contributed by atoms with Gasteiger partial charge in [-0.25, -0.2) is 0 Å². The van der Waals surface area contributed by atoms with Crippen LogP contribution in [0.3, 0.4) is 0 Å². The van der Waals surface area contributed by atoms with E-state index in [1.54, 1.807) is 17.2 Å². The number of nitrogens with zero attached hydrogens (tertiary/aromatic N) is 1. The van der Waals surface area contributed by atoms with Gasteiger partial charge in [-0.15, -0.1) is 0 Å². The van der Waals surface area contributed by atoms with E-state index >= 15 is 0 Å². The summed E-state index contributed by atoms with van der Waals surface area (Å²) in [6.45, 7) is 0. The van der Waals surface area contributed by atoms with Crippen LogP contribution in [0.1, 0.15) is 6.42 Å². The predicted molar refractivity (Wildman–Crippen MR) is 44.8 cm³/mol. The average Bonchev–Trinajstić information content (AvgIpc) is 1.84. The number of nitrogens with two attached hydrogens (primary N) is 1. The molecule has 3 nitrogen and oxygen atoms in total. The summed E-state index contributed by atoms with van der Waals surface area (Å²) < 4.78 is -0.818. The van der Waals surface area contributed by atoms with Gasteiger partial charge < -0.3 is 10.6 Å². The lowest BCUT2D eigenvalue weighted by Crippen LogP contribution is -2.52. The van der Waals surface area contributed by atoms with Gasteiger partial charge in [0.1, 0.15) is 0 Å². The Morgan fingerprint density at radius 3 is 3.18 bits per heavy atom. The zero-order valence-corrected chi connectivity index (χ0v) is 7.23. The normalized spacial score (nSPS) is 41.8. The summed E-state index contributed by atoms with van der Waals surface area (Å²) in [5.74, 6) is 0.144. The van der Waals surface area contributed by atoms with Gasteiger partial charge in [0, 0.05) is 6.20 Å². The Morgan fingerprint density at radius 2 is 2.64 bits per heavy atom. The van der Waals surface area contributed by atoms with Gasteiger partial charge in [-0.1, -0.05) is 23.4 Å². The molecule has 0 bridgehead atoms. The molecule has 1 amide bonds. The third-order valence-electron chi connectivity index (χ3n) is 1.73. The summed E-state index contributed by atoms with van der Waals surface area (Å²) in [5.41, 5.74) is 5.61. The molecule has 0 saturated carbocycles. The molecule has 2 aliphatic rings. The third-order valence-corrected chi connectivity index (χ3v) is 3.28. The number of hydrogen-bond acceptors (Lipinski definition) is 3. The topological polar surface area (TPSA) is 46.3 Å². The van der Waals surface area contributed by atoms with Crippen LogP contribution in [0.15, 0.2) is 12.3 Å². The third kappa shape index (κ3) is 1.15. The first-order valence-electron chi connectivity index (χ1n) is 3.25. The molecule has 0 radical (unpaired) electrons. The van der Waals surface area contributed by atoms with Gasteiger partial charge in [0.25, 0.3) is 0 Å². The Labute approximate surface area is 73.6 Å². The van der Waals surface area contributed by atoms with E-state index in [0.717, 1.165) is 0 Å². The summed E-state index contributed by atoms with van der Waals surface area (Å²) in [6.07, 6.45) is 3.85. The molecule has 2 rings (SSSR count). The maximum absolute atomic E-state index is 10.9. The number of fused-ring (bicyclic) bond motifs is 1. The van der Waals surface area contributed by atoms with Crippen LogP contribution in [0.25, 0.3) is 0 Å². The van der Waals surface area contributed by atoms with Crippen molar-refractivity contribution in [3.8, 4) is 0 Å². The molecule has 5 heteroatoms. The first-order valence-corrected chi connectivity index (χ1v) is 4.50. The van der Waals surface area contributed by atoms with Gasteiger partial charge in [0.15, 0.2) is 4.33 Å². The largest absolute Gasteiger partial charge is 0.306 e. The lowest BCUT2D eigenvalue weighted by molar-refractivity contribution is -0.137. The van der Waals surface area contributed by atoms with Crippen LogP contribution in [0, 0.1) is 0 Å². The van der Waals surface area contributed by atoms with Gasteiger partial charge in [-0.2, -0.15) is 0 Å². The van der Waals surface area contributed by atoms with E-state index in [-0.39, 0.29) is 11.3 Å². The molecule has 0 aromatic rings. The first-order chi connectivity index (χ1) is 5.08. The Balaban J connectivity index is 2.18. The number of halogens is 1. The van der Waals surface area contributed by atoms with Crippen LogP contribution in [-0.4, -0.2) is 20.5 Å². The second-order valence-corrected chi connectivity index (χ2v) is 4.90. The van der Waals surface area contributed by atoms with Crippen molar-refractivity contribution < 1.29 is 4.79 Å². The van der Waals surface area contributed by atoms with Crippen molar-refractivity contribution in [1.29, 1.82) is 0 Å². The fourth-order valence-electron chi connectivity index (χ4n) is 1.11. The fraction of sp³-hybridized carbons (Fsp3) is 0.500. The van der Waals surface area contributed by atoms with Crippen LogP contribution in [0.5, 0.6) is 0 Å².